The van der Waals surface area contributed by atoms with Crippen LogP contribution in [0.1, 0.15) is 11.1 Å². The first kappa shape index (κ1) is 14.5. The van der Waals surface area contributed by atoms with Gasteiger partial charge in [-0.3, -0.25) is 9.59 Å². The average Bonchev–Trinajstić information content (AvgIpc) is 2.46. The molecule has 3 N–H and O–H groups in total. The van der Waals surface area contributed by atoms with Gasteiger partial charge in [0.1, 0.15) is 0 Å². The highest BCUT2D eigenvalue weighted by Gasteiger charge is 2.01. The Hall–Kier alpha value is -2.88. The van der Waals surface area contributed by atoms with Crippen molar-refractivity contribution in [2.45, 2.75) is 6.42 Å². The molecular weight excluding hydrogens is 266 g/mol. The summed E-state index contributed by atoms with van der Waals surface area (Å²) in [7, 11) is 0. The second-order valence-electron chi connectivity index (χ2n) is 4.63. The molecular formula is C17H15NO3. The number of carboxylic acid groups (broad SMARTS) is 1. The Balaban J connectivity index is 2.15. The molecule has 2 aromatic carbocycles. The summed E-state index contributed by atoms with van der Waals surface area (Å²) in [6, 6.07) is 15.1. The summed E-state index contributed by atoms with van der Waals surface area (Å²) in [6.07, 6.45) is 2.99. The van der Waals surface area contributed by atoms with Crippen LogP contribution >= 0.6 is 0 Å². The van der Waals surface area contributed by atoms with Crippen LogP contribution in [0.25, 0.3) is 17.2 Å². The topological polar surface area (TPSA) is 80.4 Å². The van der Waals surface area contributed by atoms with Crippen LogP contribution < -0.4 is 5.73 Å². The lowest BCUT2D eigenvalue weighted by atomic mass is 10.0. The standard InChI is InChI=1S/C17H15NO3/c18-16(19)10-5-12-1-6-14(7-2-12)15-8-3-13(4-9-15)11-17(20)21/h1-10H,11H2,(H2,18,19)(H,20,21)/b10-5-. The molecule has 0 heterocycles. The molecule has 4 heteroatoms. The Morgan fingerprint density at radius 3 is 1.95 bits per heavy atom. The number of nitrogens with two attached hydrogens (primary N) is 1. The highest BCUT2D eigenvalue weighted by atomic mass is 16.4. The van der Waals surface area contributed by atoms with E-state index in [1.807, 2.05) is 48.5 Å². The molecule has 0 aliphatic carbocycles. The third kappa shape index (κ3) is 4.31. The second-order valence-corrected chi connectivity index (χ2v) is 4.63. The highest BCUT2D eigenvalue weighted by Crippen LogP contribution is 2.21. The number of hydrogen-bond donors (Lipinski definition) is 2. The van der Waals surface area contributed by atoms with Crippen LogP contribution in [0.4, 0.5) is 0 Å². The van der Waals surface area contributed by atoms with Crippen molar-refractivity contribution in [1.82, 2.24) is 0 Å². The molecule has 0 bridgehead atoms. The maximum absolute atomic E-state index is 10.7. The van der Waals surface area contributed by atoms with Gasteiger partial charge in [0.2, 0.25) is 5.91 Å². The van der Waals surface area contributed by atoms with Gasteiger partial charge in [0, 0.05) is 6.08 Å². The minimum Gasteiger partial charge on any atom is -0.481 e. The number of carbonyl (C=O) groups is 2. The van der Waals surface area contributed by atoms with Gasteiger partial charge < -0.3 is 10.8 Å². The third-order valence-electron chi connectivity index (χ3n) is 2.99. The lowest BCUT2D eigenvalue weighted by Crippen LogP contribution is -2.04. The molecule has 0 saturated carbocycles. The summed E-state index contributed by atoms with van der Waals surface area (Å²) in [5.41, 5.74) is 8.73. The van der Waals surface area contributed by atoms with Gasteiger partial charge in [0.15, 0.2) is 0 Å². The largest absolute Gasteiger partial charge is 0.481 e. The molecule has 0 fully saturated rings. The Labute approximate surface area is 122 Å². The van der Waals surface area contributed by atoms with Crippen molar-refractivity contribution in [3.05, 3.63) is 65.7 Å². The molecule has 0 aromatic heterocycles. The first-order chi connectivity index (χ1) is 10.0. The summed E-state index contributed by atoms with van der Waals surface area (Å²) in [6.45, 7) is 0. The van der Waals surface area contributed by atoms with Crippen molar-refractivity contribution in [2.24, 2.45) is 5.73 Å². The van der Waals surface area contributed by atoms with E-state index in [1.54, 1.807) is 6.08 Å². The van der Waals surface area contributed by atoms with Crippen molar-refractivity contribution < 1.29 is 14.7 Å². The predicted molar refractivity (Wildman–Crippen MR) is 81.4 cm³/mol. The predicted octanol–water partition coefficient (Wildman–Crippen LogP) is 2.48. The van der Waals surface area contributed by atoms with Crippen LogP contribution in [-0.4, -0.2) is 17.0 Å². The van der Waals surface area contributed by atoms with Crippen LogP contribution in [0.5, 0.6) is 0 Å². The molecule has 0 saturated heterocycles. The summed E-state index contributed by atoms with van der Waals surface area (Å²) >= 11 is 0. The van der Waals surface area contributed by atoms with Gasteiger partial charge >= 0.3 is 5.97 Å². The molecule has 0 unspecified atom stereocenters. The van der Waals surface area contributed by atoms with E-state index in [0.717, 1.165) is 22.3 Å². The van der Waals surface area contributed by atoms with E-state index in [9.17, 15) is 9.59 Å². The zero-order chi connectivity index (χ0) is 15.2. The van der Waals surface area contributed by atoms with E-state index in [-0.39, 0.29) is 6.42 Å². The van der Waals surface area contributed by atoms with Crippen LogP contribution in [-0.2, 0) is 16.0 Å². The third-order valence-corrected chi connectivity index (χ3v) is 2.99. The summed E-state index contributed by atoms with van der Waals surface area (Å²) in [5.74, 6) is -1.32. The normalized spacial score (nSPS) is 10.7. The first-order valence-corrected chi connectivity index (χ1v) is 6.43. The quantitative estimate of drug-likeness (QED) is 0.826. The van der Waals surface area contributed by atoms with Crippen molar-refractivity contribution in [3.63, 3.8) is 0 Å². The molecule has 106 valence electrons. The molecule has 0 aliphatic rings. The van der Waals surface area contributed by atoms with Gasteiger partial charge in [0.05, 0.1) is 6.42 Å². The monoisotopic (exact) mass is 281 g/mol. The van der Waals surface area contributed by atoms with Crippen molar-refractivity contribution in [3.8, 4) is 11.1 Å². The van der Waals surface area contributed by atoms with E-state index in [0.29, 0.717) is 0 Å². The van der Waals surface area contributed by atoms with Crippen LogP contribution in [0.2, 0.25) is 0 Å². The molecule has 1 amide bonds. The van der Waals surface area contributed by atoms with Gasteiger partial charge in [-0.05, 0) is 28.3 Å². The number of carboxylic acids is 1. The minimum absolute atomic E-state index is 0.0249. The Morgan fingerprint density at radius 1 is 0.952 bits per heavy atom. The first-order valence-electron chi connectivity index (χ1n) is 6.43. The van der Waals surface area contributed by atoms with Gasteiger partial charge in [-0.1, -0.05) is 48.5 Å². The molecule has 2 rings (SSSR count). The molecule has 0 spiro atoms. The van der Waals surface area contributed by atoms with E-state index < -0.39 is 11.9 Å². The van der Waals surface area contributed by atoms with E-state index >= 15 is 0 Å². The summed E-state index contributed by atoms with van der Waals surface area (Å²) in [5, 5.41) is 8.73. The number of carbonyl (C=O) groups excluding carboxylic acids is 1. The fraction of sp³-hybridized carbons (Fsp3) is 0.0588. The maximum atomic E-state index is 10.7. The maximum Gasteiger partial charge on any atom is 0.307 e. The van der Waals surface area contributed by atoms with Crippen molar-refractivity contribution in [1.29, 1.82) is 0 Å². The number of primary amides is 1. The molecule has 4 nitrogen and oxygen atoms in total. The van der Waals surface area contributed by atoms with E-state index in [1.165, 1.54) is 6.08 Å². The van der Waals surface area contributed by atoms with E-state index in [2.05, 4.69) is 0 Å². The fourth-order valence-electron chi connectivity index (χ4n) is 1.95. The Morgan fingerprint density at radius 2 is 1.48 bits per heavy atom. The molecule has 0 radical (unpaired) electrons. The zero-order valence-electron chi connectivity index (χ0n) is 11.3. The van der Waals surface area contributed by atoms with Crippen molar-refractivity contribution >= 4 is 18.0 Å². The van der Waals surface area contributed by atoms with Crippen LogP contribution in [0.3, 0.4) is 0 Å². The molecule has 0 atom stereocenters. The SMILES string of the molecule is NC(=O)/C=C\c1ccc(-c2ccc(CC(=O)O)cc2)cc1. The minimum atomic E-state index is -0.839. The average molecular weight is 281 g/mol. The summed E-state index contributed by atoms with van der Waals surface area (Å²) in [4.78, 5) is 21.3. The molecule has 0 aliphatic heterocycles. The molecule has 21 heavy (non-hydrogen) atoms. The number of aliphatic carboxylic acids is 1. The van der Waals surface area contributed by atoms with Crippen LogP contribution in [0, 0.1) is 0 Å². The Kier molecular flexibility index (Phi) is 4.51. The smallest absolute Gasteiger partial charge is 0.307 e. The van der Waals surface area contributed by atoms with Gasteiger partial charge in [-0.2, -0.15) is 0 Å². The zero-order valence-corrected chi connectivity index (χ0v) is 11.3. The number of rotatable bonds is 5. The summed E-state index contributed by atoms with van der Waals surface area (Å²) < 4.78 is 0. The Bertz CT molecular complexity index is 670. The fourth-order valence-corrected chi connectivity index (χ4v) is 1.95. The highest BCUT2D eigenvalue weighted by molar-refractivity contribution is 5.90. The lowest BCUT2D eigenvalue weighted by Gasteiger charge is -2.04. The van der Waals surface area contributed by atoms with Gasteiger partial charge in [-0.15, -0.1) is 0 Å². The lowest BCUT2D eigenvalue weighted by molar-refractivity contribution is -0.136. The van der Waals surface area contributed by atoms with Gasteiger partial charge in [-0.25, -0.2) is 0 Å². The number of hydrogen-bond acceptors (Lipinski definition) is 2. The van der Waals surface area contributed by atoms with Crippen LogP contribution in [0.15, 0.2) is 54.6 Å². The number of amides is 1. The molecule has 2 aromatic rings. The second kappa shape index (κ2) is 6.52. The number of benzene rings is 2. The van der Waals surface area contributed by atoms with E-state index in [4.69, 9.17) is 10.8 Å². The van der Waals surface area contributed by atoms with Gasteiger partial charge in [0.25, 0.3) is 0 Å². The van der Waals surface area contributed by atoms with Crippen molar-refractivity contribution in [2.75, 3.05) is 0 Å².